The molecule has 2 heterocycles. The number of benzene rings is 1. The predicted molar refractivity (Wildman–Crippen MR) is 87.2 cm³/mol. The van der Waals surface area contributed by atoms with Gasteiger partial charge >= 0.3 is 5.97 Å². The van der Waals surface area contributed by atoms with Crippen molar-refractivity contribution in [2.24, 2.45) is 0 Å². The Labute approximate surface area is 142 Å². The van der Waals surface area contributed by atoms with Crippen molar-refractivity contribution in [3.63, 3.8) is 0 Å². The minimum Gasteiger partial charge on any atom is -0.463 e. The van der Waals surface area contributed by atoms with Crippen LogP contribution in [-0.4, -0.2) is 24.1 Å². The number of halogens is 3. The molecule has 0 N–H and O–H groups in total. The highest BCUT2D eigenvalue weighted by molar-refractivity contribution is 6.29. The lowest BCUT2D eigenvalue weighted by atomic mass is 10.0. The zero-order valence-electron chi connectivity index (χ0n) is 12.7. The molecule has 1 aromatic heterocycles. The molecule has 2 aromatic rings. The van der Waals surface area contributed by atoms with E-state index >= 15 is 0 Å². The van der Waals surface area contributed by atoms with E-state index in [9.17, 15) is 13.6 Å². The zero-order valence-corrected chi connectivity index (χ0v) is 13.5. The van der Waals surface area contributed by atoms with Crippen molar-refractivity contribution in [3.8, 4) is 0 Å². The van der Waals surface area contributed by atoms with Crippen molar-refractivity contribution >= 4 is 35.2 Å². The second kappa shape index (κ2) is 6.57. The van der Waals surface area contributed by atoms with Crippen molar-refractivity contribution in [2.45, 2.75) is 6.92 Å². The molecule has 0 fully saturated rings. The summed E-state index contributed by atoms with van der Waals surface area (Å²) < 4.78 is 32.0. The maximum absolute atomic E-state index is 13.8. The third-order valence-electron chi connectivity index (χ3n) is 3.53. The van der Waals surface area contributed by atoms with Crippen LogP contribution in [0.25, 0.3) is 6.08 Å². The fourth-order valence-electron chi connectivity index (χ4n) is 2.45. The van der Waals surface area contributed by atoms with Crippen LogP contribution < -0.4 is 4.90 Å². The molecule has 0 amide bonds. The maximum atomic E-state index is 13.8. The second-order valence-corrected chi connectivity index (χ2v) is 5.48. The smallest absolute Gasteiger partial charge is 0.335 e. The molecule has 7 heteroatoms. The van der Waals surface area contributed by atoms with Gasteiger partial charge in [0.15, 0.2) is 11.0 Å². The summed E-state index contributed by atoms with van der Waals surface area (Å²) in [7, 11) is 0. The Kier molecular flexibility index (Phi) is 4.49. The monoisotopic (exact) mass is 350 g/mol. The van der Waals surface area contributed by atoms with Crippen LogP contribution in [0.3, 0.4) is 0 Å². The summed E-state index contributed by atoms with van der Waals surface area (Å²) >= 11 is 5.79. The van der Waals surface area contributed by atoms with E-state index in [0.717, 1.165) is 0 Å². The molecular weight excluding hydrogens is 338 g/mol. The van der Waals surface area contributed by atoms with Crippen molar-refractivity contribution in [1.82, 2.24) is 4.98 Å². The van der Waals surface area contributed by atoms with E-state index in [0.29, 0.717) is 22.6 Å². The topological polar surface area (TPSA) is 42.4 Å². The lowest BCUT2D eigenvalue weighted by Crippen LogP contribution is -2.29. The van der Waals surface area contributed by atoms with E-state index in [-0.39, 0.29) is 24.1 Å². The van der Waals surface area contributed by atoms with Gasteiger partial charge in [-0.25, -0.2) is 18.6 Å². The normalized spacial score (nSPS) is 13.3. The van der Waals surface area contributed by atoms with Crippen LogP contribution in [-0.2, 0) is 9.53 Å². The van der Waals surface area contributed by atoms with Crippen molar-refractivity contribution in [2.75, 3.05) is 18.1 Å². The van der Waals surface area contributed by atoms with Crippen LogP contribution >= 0.6 is 11.6 Å². The third kappa shape index (κ3) is 3.10. The lowest BCUT2D eigenvalue weighted by molar-refractivity contribution is -0.138. The number of ether oxygens (including phenoxy) is 1. The quantitative estimate of drug-likeness (QED) is 0.617. The molecule has 0 aliphatic carbocycles. The van der Waals surface area contributed by atoms with Crippen LogP contribution in [0.15, 0.2) is 35.9 Å². The number of carbonyl (C=O) groups excluding carboxylic acids is 1. The molecule has 0 spiro atoms. The summed E-state index contributed by atoms with van der Waals surface area (Å²) in [5, 5.41) is -0.270. The number of rotatable bonds is 3. The summed E-state index contributed by atoms with van der Waals surface area (Å²) in [6, 6.07) is 6.89. The molecule has 0 bridgehead atoms. The first kappa shape index (κ1) is 16.4. The first-order valence-electron chi connectivity index (χ1n) is 7.26. The van der Waals surface area contributed by atoms with Gasteiger partial charge in [-0.15, -0.1) is 0 Å². The SMILES string of the molecule is CCOC(=O)C1=Cc2cc(F)c(Cl)nc2N(c2ccc(F)cc2)C1. The Morgan fingerprint density at radius 2 is 2.04 bits per heavy atom. The molecule has 1 aromatic carbocycles. The minimum atomic E-state index is -0.684. The summed E-state index contributed by atoms with van der Waals surface area (Å²) in [5.74, 6) is -1.18. The predicted octanol–water partition coefficient (Wildman–Crippen LogP) is 4.11. The number of carbonyl (C=O) groups is 1. The summed E-state index contributed by atoms with van der Waals surface area (Å²) in [4.78, 5) is 17.8. The van der Waals surface area contributed by atoms with Gasteiger partial charge in [0.2, 0.25) is 0 Å². The van der Waals surface area contributed by atoms with Crippen LogP contribution in [0.5, 0.6) is 0 Å². The number of nitrogens with zero attached hydrogens (tertiary/aromatic N) is 2. The summed E-state index contributed by atoms with van der Waals surface area (Å²) in [6.07, 6.45) is 1.53. The Balaban J connectivity index is 2.10. The molecule has 0 saturated heterocycles. The maximum Gasteiger partial charge on any atom is 0.335 e. The van der Waals surface area contributed by atoms with E-state index in [2.05, 4.69) is 4.98 Å². The van der Waals surface area contributed by atoms with Gasteiger partial charge in [0.1, 0.15) is 11.6 Å². The number of hydrogen-bond acceptors (Lipinski definition) is 4. The molecule has 0 atom stereocenters. The van der Waals surface area contributed by atoms with Crippen molar-refractivity contribution in [3.05, 3.63) is 58.3 Å². The molecule has 124 valence electrons. The third-order valence-corrected chi connectivity index (χ3v) is 3.80. The Bertz CT molecular complexity index is 822. The first-order valence-corrected chi connectivity index (χ1v) is 7.64. The molecule has 1 aliphatic heterocycles. The van der Waals surface area contributed by atoms with Gasteiger partial charge in [-0.3, -0.25) is 0 Å². The van der Waals surface area contributed by atoms with Crippen LogP contribution in [0.4, 0.5) is 20.3 Å². The standard InChI is InChI=1S/C17H13ClF2N2O2/c1-2-24-17(23)11-7-10-8-14(20)15(18)21-16(10)22(9-11)13-5-3-12(19)4-6-13/h3-8H,2,9H2,1H3. The van der Waals surface area contributed by atoms with E-state index < -0.39 is 11.8 Å². The minimum absolute atomic E-state index is 0.159. The molecule has 0 radical (unpaired) electrons. The van der Waals surface area contributed by atoms with E-state index in [4.69, 9.17) is 16.3 Å². The molecule has 3 rings (SSSR count). The molecule has 24 heavy (non-hydrogen) atoms. The average Bonchev–Trinajstić information content (AvgIpc) is 2.56. The summed E-state index contributed by atoms with van der Waals surface area (Å²) in [6.45, 7) is 2.09. The molecule has 0 unspecified atom stereocenters. The fourth-order valence-corrected chi connectivity index (χ4v) is 2.59. The summed E-state index contributed by atoms with van der Waals surface area (Å²) in [5.41, 5.74) is 1.34. The number of hydrogen-bond donors (Lipinski definition) is 0. The van der Waals surface area contributed by atoms with E-state index in [1.54, 1.807) is 24.0 Å². The number of aromatic nitrogens is 1. The zero-order chi connectivity index (χ0) is 17.3. The highest BCUT2D eigenvalue weighted by atomic mass is 35.5. The Morgan fingerprint density at radius 1 is 1.33 bits per heavy atom. The number of anilines is 2. The van der Waals surface area contributed by atoms with Crippen LogP contribution in [0.1, 0.15) is 12.5 Å². The Morgan fingerprint density at radius 3 is 2.71 bits per heavy atom. The van der Waals surface area contributed by atoms with Crippen molar-refractivity contribution < 1.29 is 18.3 Å². The highest BCUT2D eigenvalue weighted by Gasteiger charge is 2.26. The Hall–Kier alpha value is -2.47. The van der Waals surface area contributed by atoms with Crippen LogP contribution in [0.2, 0.25) is 5.15 Å². The molecule has 1 aliphatic rings. The van der Waals surface area contributed by atoms with Gasteiger partial charge in [0.05, 0.1) is 18.7 Å². The lowest BCUT2D eigenvalue weighted by Gasteiger charge is -2.29. The largest absolute Gasteiger partial charge is 0.463 e. The first-order chi connectivity index (χ1) is 11.5. The van der Waals surface area contributed by atoms with E-state index in [1.165, 1.54) is 24.3 Å². The highest BCUT2D eigenvalue weighted by Crippen LogP contribution is 2.35. The fraction of sp³-hybridized carbons (Fsp3) is 0.176. The molecular formula is C17H13ClF2N2O2. The van der Waals surface area contributed by atoms with Crippen molar-refractivity contribution in [1.29, 1.82) is 0 Å². The van der Waals surface area contributed by atoms with Gasteiger partial charge in [-0.2, -0.15) is 0 Å². The second-order valence-electron chi connectivity index (χ2n) is 5.13. The van der Waals surface area contributed by atoms with Gasteiger partial charge in [-0.05, 0) is 43.3 Å². The van der Waals surface area contributed by atoms with Gasteiger partial charge in [0.25, 0.3) is 0 Å². The van der Waals surface area contributed by atoms with Gasteiger partial charge < -0.3 is 9.64 Å². The van der Waals surface area contributed by atoms with Gasteiger partial charge in [-0.1, -0.05) is 11.6 Å². The van der Waals surface area contributed by atoms with Gasteiger partial charge in [0, 0.05) is 11.3 Å². The number of pyridine rings is 1. The molecule has 0 saturated carbocycles. The van der Waals surface area contributed by atoms with E-state index in [1.807, 2.05) is 0 Å². The number of esters is 1. The molecule has 4 nitrogen and oxygen atoms in total. The average molecular weight is 351 g/mol. The van der Waals surface area contributed by atoms with Crippen LogP contribution in [0, 0.1) is 11.6 Å². The number of fused-ring (bicyclic) bond motifs is 1.